The van der Waals surface area contributed by atoms with Crippen molar-refractivity contribution in [2.45, 2.75) is 26.3 Å². The van der Waals surface area contributed by atoms with Crippen molar-refractivity contribution in [2.75, 3.05) is 70.5 Å². The van der Waals surface area contributed by atoms with Crippen molar-refractivity contribution < 1.29 is 29.3 Å². The molecule has 12 heteroatoms. The number of hydrogen-bond acceptors (Lipinski definition) is 6. The van der Waals surface area contributed by atoms with E-state index in [1.165, 1.54) is 0 Å². The molecular weight excluding hydrogens is 583 g/mol. The lowest BCUT2D eigenvalue weighted by atomic mass is 9.77. The van der Waals surface area contributed by atoms with E-state index in [4.69, 9.17) is 33.0 Å². The minimum absolute atomic E-state index is 0.0145. The van der Waals surface area contributed by atoms with Crippen LogP contribution in [0.1, 0.15) is 24.0 Å². The van der Waals surface area contributed by atoms with Gasteiger partial charge in [-0.15, -0.1) is 0 Å². The van der Waals surface area contributed by atoms with Gasteiger partial charge in [0.1, 0.15) is 0 Å². The molecule has 0 bridgehead atoms. The summed E-state index contributed by atoms with van der Waals surface area (Å²) in [6.07, 6.45) is -0.291. The number of carbonyl (C=O) groups is 3. The van der Waals surface area contributed by atoms with Gasteiger partial charge in [-0.2, -0.15) is 0 Å². The second-order valence-corrected chi connectivity index (χ2v) is 11.9. The largest absolute Gasteiger partial charge is 0.481 e. The van der Waals surface area contributed by atoms with Crippen LogP contribution in [0.5, 0.6) is 0 Å². The monoisotopic (exact) mass is 620 g/mol. The summed E-state index contributed by atoms with van der Waals surface area (Å²) in [5, 5.41) is 19.8. The summed E-state index contributed by atoms with van der Waals surface area (Å²) in [5.41, 5.74) is 1.31. The number of halogens is 2. The Kier molecular flexibility index (Phi) is 11.1. The third-order valence-electron chi connectivity index (χ3n) is 7.81. The first-order valence-corrected chi connectivity index (χ1v) is 14.8. The Morgan fingerprint density at radius 1 is 0.976 bits per heavy atom. The Morgan fingerprint density at radius 3 is 2.33 bits per heavy atom. The summed E-state index contributed by atoms with van der Waals surface area (Å²) in [4.78, 5) is 46.9. The van der Waals surface area contributed by atoms with Gasteiger partial charge in [-0.05, 0) is 36.8 Å². The second-order valence-electron chi connectivity index (χ2n) is 11.1. The average molecular weight is 622 g/mol. The van der Waals surface area contributed by atoms with Gasteiger partial charge in [0.15, 0.2) is 0 Å². The fourth-order valence-corrected chi connectivity index (χ4v) is 6.09. The van der Waals surface area contributed by atoms with E-state index in [-0.39, 0.29) is 51.0 Å². The number of nitrogens with zero attached hydrogens (tertiary/aromatic N) is 4. The fraction of sp³-hybridized carbons (Fsp3) is 0.500. The molecule has 3 amide bonds. The third kappa shape index (κ3) is 8.35. The van der Waals surface area contributed by atoms with Gasteiger partial charge in [-0.1, -0.05) is 47.0 Å². The first-order chi connectivity index (χ1) is 20.1. The smallest absolute Gasteiger partial charge is 0.324 e. The molecule has 1 unspecified atom stereocenters. The van der Waals surface area contributed by atoms with Crippen molar-refractivity contribution in [2.24, 2.45) is 5.41 Å². The van der Waals surface area contributed by atoms with Gasteiger partial charge in [0.2, 0.25) is 5.91 Å². The van der Waals surface area contributed by atoms with Gasteiger partial charge in [-0.25, -0.2) is 4.79 Å². The van der Waals surface area contributed by atoms with E-state index in [2.05, 4.69) is 4.90 Å². The molecule has 10 nitrogen and oxygen atoms in total. The summed E-state index contributed by atoms with van der Waals surface area (Å²) in [6, 6.07) is 12.2. The molecule has 2 fully saturated rings. The van der Waals surface area contributed by atoms with Crippen molar-refractivity contribution in [3.05, 3.63) is 63.6 Å². The molecule has 2 aromatic carbocycles. The van der Waals surface area contributed by atoms with Crippen molar-refractivity contribution in [3.8, 4) is 0 Å². The average Bonchev–Trinajstić information content (AvgIpc) is 2.95. The Balaban J connectivity index is 1.56. The topological polar surface area (TPSA) is 114 Å². The van der Waals surface area contributed by atoms with E-state index in [1.807, 2.05) is 31.2 Å². The van der Waals surface area contributed by atoms with Crippen LogP contribution in [0.25, 0.3) is 0 Å². The number of rotatable bonds is 12. The van der Waals surface area contributed by atoms with Crippen LogP contribution in [0.4, 0.5) is 10.5 Å². The van der Waals surface area contributed by atoms with Crippen LogP contribution in [-0.4, -0.2) is 108 Å². The second kappa shape index (κ2) is 14.5. The van der Waals surface area contributed by atoms with Gasteiger partial charge in [0, 0.05) is 79.9 Å². The van der Waals surface area contributed by atoms with E-state index >= 15 is 0 Å². The van der Waals surface area contributed by atoms with Crippen LogP contribution in [0.15, 0.2) is 42.5 Å². The first kappa shape index (κ1) is 32.0. The van der Waals surface area contributed by atoms with Crippen LogP contribution >= 0.6 is 23.2 Å². The number of aliphatic carboxylic acids is 1. The van der Waals surface area contributed by atoms with Crippen LogP contribution in [-0.2, 0) is 20.9 Å². The molecule has 228 valence electrons. The quantitative estimate of drug-likeness (QED) is 0.347. The van der Waals surface area contributed by atoms with Gasteiger partial charge in [0.25, 0.3) is 0 Å². The van der Waals surface area contributed by atoms with Crippen LogP contribution in [0.3, 0.4) is 0 Å². The van der Waals surface area contributed by atoms with Gasteiger partial charge in [0.05, 0.1) is 26.2 Å². The zero-order valence-electron chi connectivity index (χ0n) is 23.8. The standard InChI is InChI=1S/C30H38Cl2N4O6/c1-22-2-6-25(7-3-22)36-21-30(18-28(39)40,20-35(29(36)41)19-23-4-5-24(31)16-26(23)32)17-27(38)34-10-8-33(9-11-34)12-14-42-15-13-37/h2-7,16,37H,8-15,17-21H2,1H3,(H,39,40). The third-order valence-corrected chi connectivity index (χ3v) is 8.40. The molecule has 2 saturated heterocycles. The highest BCUT2D eigenvalue weighted by Gasteiger charge is 2.47. The maximum atomic E-state index is 13.8. The number of urea groups is 1. The highest BCUT2D eigenvalue weighted by molar-refractivity contribution is 6.35. The van der Waals surface area contributed by atoms with Crippen molar-refractivity contribution in [1.82, 2.24) is 14.7 Å². The SMILES string of the molecule is Cc1ccc(N2CC(CC(=O)O)(CC(=O)N3CCN(CCOCCO)CC3)CN(Cc3ccc(Cl)cc3Cl)C2=O)cc1. The lowest BCUT2D eigenvalue weighted by molar-refractivity contribution is -0.142. The highest BCUT2D eigenvalue weighted by Crippen LogP contribution is 2.38. The van der Waals surface area contributed by atoms with Crippen molar-refractivity contribution in [1.29, 1.82) is 0 Å². The number of anilines is 1. The number of aliphatic hydroxyl groups is 1. The maximum Gasteiger partial charge on any atom is 0.324 e. The Labute approximate surface area is 256 Å². The van der Waals surface area contributed by atoms with Crippen molar-refractivity contribution >= 4 is 46.8 Å². The van der Waals surface area contributed by atoms with Crippen LogP contribution in [0.2, 0.25) is 10.0 Å². The van der Waals surface area contributed by atoms with Gasteiger partial charge < -0.3 is 24.7 Å². The van der Waals surface area contributed by atoms with Crippen LogP contribution < -0.4 is 4.90 Å². The summed E-state index contributed by atoms with van der Waals surface area (Å²) in [7, 11) is 0. The van der Waals surface area contributed by atoms with Crippen LogP contribution in [0, 0.1) is 12.3 Å². The number of carbonyl (C=O) groups excluding carboxylic acids is 2. The molecule has 0 spiro atoms. The minimum Gasteiger partial charge on any atom is -0.481 e. The number of aliphatic hydroxyl groups excluding tert-OH is 1. The Morgan fingerprint density at radius 2 is 1.69 bits per heavy atom. The van der Waals surface area contributed by atoms with E-state index < -0.39 is 11.4 Å². The predicted octanol–water partition coefficient (Wildman–Crippen LogP) is 3.75. The first-order valence-electron chi connectivity index (χ1n) is 14.1. The zero-order chi connectivity index (χ0) is 30.3. The summed E-state index contributed by atoms with van der Waals surface area (Å²) in [5.74, 6) is -1.16. The van der Waals surface area contributed by atoms with E-state index in [1.54, 1.807) is 32.9 Å². The van der Waals surface area contributed by atoms with E-state index in [0.717, 1.165) is 5.56 Å². The van der Waals surface area contributed by atoms with Gasteiger partial charge in [-0.3, -0.25) is 19.4 Å². The number of benzene rings is 2. The summed E-state index contributed by atoms with van der Waals surface area (Å²) >= 11 is 12.5. The molecule has 2 aliphatic rings. The molecule has 4 rings (SSSR count). The highest BCUT2D eigenvalue weighted by atomic mass is 35.5. The molecule has 0 radical (unpaired) electrons. The number of carboxylic acid groups (broad SMARTS) is 1. The molecule has 2 heterocycles. The minimum atomic E-state index is -1.03. The van der Waals surface area contributed by atoms with Gasteiger partial charge >= 0.3 is 12.0 Å². The fourth-order valence-electron chi connectivity index (χ4n) is 5.62. The van der Waals surface area contributed by atoms with E-state index in [0.29, 0.717) is 67.2 Å². The summed E-state index contributed by atoms with van der Waals surface area (Å²) in [6.45, 7) is 6.17. The lowest BCUT2D eigenvalue weighted by Gasteiger charge is -2.48. The number of carboxylic acids is 1. The molecule has 0 aromatic heterocycles. The number of hydrogen-bond donors (Lipinski definition) is 2. The lowest BCUT2D eigenvalue weighted by Crippen LogP contribution is -2.60. The molecule has 2 N–H and O–H groups in total. The predicted molar refractivity (Wildman–Crippen MR) is 161 cm³/mol. The molecular formula is C30H38Cl2N4O6. The van der Waals surface area contributed by atoms with E-state index in [9.17, 15) is 19.5 Å². The number of amides is 3. The Bertz CT molecular complexity index is 1250. The number of ether oxygens (including phenoxy) is 1. The van der Waals surface area contributed by atoms with Crippen molar-refractivity contribution in [3.63, 3.8) is 0 Å². The molecule has 42 heavy (non-hydrogen) atoms. The zero-order valence-corrected chi connectivity index (χ0v) is 25.3. The number of aryl methyl sites for hydroxylation is 1. The number of piperazine rings is 1. The molecule has 0 saturated carbocycles. The maximum absolute atomic E-state index is 13.8. The molecule has 0 aliphatic carbocycles. The molecule has 2 aliphatic heterocycles. The normalized spacial score (nSPS) is 19.8. The Hall–Kier alpha value is -2.89. The molecule has 1 atom stereocenters. The summed E-state index contributed by atoms with van der Waals surface area (Å²) < 4.78 is 5.36. The molecule has 2 aromatic rings.